The van der Waals surface area contributed by atoms with Gasteiger partial charge in [-0.25, -0.2) is 0 Å². The summed E-state index contributed by atoms with van der Waals surface area (Å²) in [5.41, 5.74) is 6.39. The number of nitrogens with two attached hydrogens (primary N) is 1. The molecule has 2 rings (SSSR count). The van der Waals surface area contributed by atoms with Crippen LogP contribution in [0.1, 0.15) is 26.2 Å². The maximum atomic E-state index is 12.3. The molecular weight excluding hydrogens is 270 g/mol. The first-order valence-corrected chi connectivity index (χ1v) is 7.38. The van der Waals surface area contributed by atoms with E-state index in [0.717, 1.165) is 25.1 Å². The molecular formula is C15H21N3OS. The summed E-state index contributed by atoms with van der Waals surface area (Å²) in [7, 11) is 0. The predicted molar refractivity (Wildman–Crippen MR) is 85.7 cm³/mol. The molecule has 20 heavy (non-hydrogen) atoms. The number of anilines is 1. The maximum Gasteiger partial charge on any atom is 0.241 e. The Kier molecular flexibility index (Phi) is 5.09. The molecule has 1 aliphatic carbocycles. The number of para-hydroxylation sites is 1. The zero-order chi connectivity index (χ0) is 14.5. The van der Waals surface area contributed by atoms with Crippen molar-refractivity contribution in [1.29, 1.82) is 0 Å². The van der Waals surface area contributed by atoms with Gasteiger partial charge in [0, 0.05) is 24.7 Å². The molecule has 0 saturated heterocycles. The van der Waals surface area contributed by atoms with Crippen LogP contribution in [0, 0.1) is 0 Å². The van der Waals surface area contributed by atoms with Crippen LogP contribution in [-0.4, -0.2) is 34.4 Å². The zero-order valence-corrected chi connectivity index (χ0v) is 12.5. The summed E-state index contributed by atoms with van der Waals surface area (Å²) in [5, 5.41) is 2.95. The average Bonchev–Trinajstić information content (AvgIpc) is 3.24. The predicted octanol–water partition coefficient (Wildman–Crippen LogP) is 2.15. The number of carbonyl (C=O) groups excluding carboxylic acids is 1. The van der Waals surface area contributed by atoms with Crippen molar-refractivity contribution in [2.75, 3.05) is 11.9 Å². The molecule has 1 aromatic rings. The molecule has 1 amide bonds. The van der Waals surface area contributed by atoms with Crippen molar-refractivity contribution in [3.05, 3.63) is 30.3 Å². The molecule has 1 aromatic carbocycles. The van der Waals surface area contributed by atoms with Crippen molar-refractivity contribution in [3.63, 3.8) is 0 Å². The first kappa shape index (κ1) is 14.9. The monoisotopic (exact) mass is 291 g/mol. The van der Waals surface area contributed by atoms with Crippen LogP contribution < -0.4 is 11.1 Å². The van der Waals surface area contributed by atoms with Crippen molar-refractivity contribution in [2.24, 2.45) is 5.73 Å². The minimum absolute atomic E-state index is 0.0195. The van der Waals surface area contributed by atoms with Crippen LogP contribution in [0.3, 0.4) is 0 Å². The molecule has 0 spiro atoms. The first-order chi connectivity index (χ1) is 9.58. The molecule has 1 saturated carbocycles. The van der Waals surface area contributed by atoms with Gasteiger partial charge < -0.3 is 11.1 Å². The van der Waals surface area contributed by atoms with E-state index in [1.165, 1.54) is 0 Å². The number of amides is 1. The minimum atomic E-state index is -0.169. The number of carbonyl (C=O) groups is 1. The second-order valence-corrected chi connectivity index (χ2v) is 5.74. The molecule has 108 valence electrons. The van der Waals surface area contributed by atoms with Crippen LogP contribution in [0.2, 0.25) is 0 Å². The molecule has 4 nitrogen and oxygen atoms in total. The molecule has 1 atom stereocenters. The average molecular weight is 291 g/mol. The van der Waals surface area contributed by atoms with Crippen molar-refractivity contribution < 1.29 is 4.79 Å². The van der Waals surface area contributed by atoms with Crippen LogP contribution in [0.15, 0.2) is 30.3 Å². The second-order valence-electron chi connectivity index (χ2n) is 5.22. The Bertz CT molecular complexity index is 473. The van der Waals surface area contributed by atoms with Crippen molar-refractivity contribution in [2.45, 2.75) is 38.3 Å². The van der Waals surface area contributed by atoms with Gasteiger partial charge in [-0.1, -0.05) is 30.4 Å². The lowest BCUT2D eigenvalue weighted by molar-refractivity contribution is -0.121. The molecule has 1 aliphatic rings. The van der Waals surface area contributed by atoms with Gasteiger partial charge in [-0.3, -0.25) is 9.69 Å². The molecule has 3 N–H and O–H groups in total. The Labute approximate surface area is 125 Å². The maximum absolute atomic E-state index is 12.3. The standard InChI is InChI=1S/C15H21N3OS/c1-11(15(19)17-12-5-3-2-4-6-12)18(13-7-8-13)10-9-14(16)20/h2-6,11,13H,7-10H2,1H3,(H2,16,20)(H,17,19). The second kappa shape index (κ2) is 6.81. The van der Waals surface area contributed by atoms with E-state index in [-0.39, 0.29) is 11.9 Å². The van der Waals surface area contributed by atoms with Gasteiger partial charge in [-0.2, -0.15) is 0 Å². The number of hydrogen-bond donors (Lipinski definition) is 2. The van der Waals surface area contributed by atoms with Gasteiger partial charge in [0.2, 0.25) is 5.91 Å². The lowest BCUT2D eigenvalue weighted by Gasteiger charge is -2.28. The van der Waals surface area contributed by atoms with E-state index in [2.05, 4.69) is 10.2 Å². The fraction of sp³-hybridized carbons (Fsp3) is 0.467. The van der Waals surface area contributed by atoms with Crippen LogP contribution in [0.4, 0.5) is 5.69 Å². The summed E-state index contributed by atoms with van der Waals surface area (Å²) in [6.45, 7) is 2.69. The fourth-order valence-electron chi connectivity index (χ4n) is 2.26. The summed E-state index contributed by atoms with van der Waals surface area (Å²) < 4.78 is 0. The van der Waals surface area contributed by atoms with E-state index in [1.807, 2.05) is 37.3 Å². The third kappa shape index (κ3) is 4.28. The number of benzene rings is 1. The van der Waals surface area contributed by atoms with Gasteiger partial charge in [-0.15, -0.1) is 0 Å². The van der Waals surface area contributed by atoms with E-state index in [1.54, 1.807) is 0 Å². The summed E-state index contributed by atoms with van der Waals surface area (Å²) in [6, 6.07) is 9.86. The van der Waals surface area contributed by atoms with Crippen LogP contribution in [-0.2, 0) is 4.79 Å². The summed E-state index contributed by atoms with van der Waals surface area (Å²) >= 11 is 4.93. The zero-order valence-electron chi connectivity index (χ0n) is 11.7. The third-order valence-corrected chi connectivity index (χ3v) is 3.75. The number of hydrogen-bond acceptors (Lipinski definition) is 3. The molecule has 0 heterocycles. The minimum Gasteiger partial charge on any atom is -0.393 e. The molecule has 1 unspecified atom stereocenters. The number of rotatable bonds is 7. The Morgan fingerprint density at radius 3 is 2.65 bits per heavy atom. The van der Waals surface area contributed by atoms with Crippen molar-refractivity contribution in [3.8, 4) is 0 Å². The summed E-state index contributed by atoms with van der Waals surface area (Å²) in [6.07, 6.45) is 2.97. The molecule has 1 fully saturated rings. The van der Waals surface area contributed by atoms with E-state index in [4.69, 9.17) is 18.0 Å². The van der Waals surface area contributed by atoms with Crippen molar-refractivity contribution in [1.82, 2.24) is 4.90 Å². The Balaban J connectivity index is 1.94. The highest BCUT2D eigenvalue weighted by molar-refractivity contribution is 7.80. The van der Waals surface area contributed by atoms with Crippen LogP contribution in [0.5, 0.6) is 0 Å². The van der Waals surface area contributed by atoms with E-state index in [9.17, 15) is 4.79 Å². The Morgan fingerprint density at radius 2 is 2.10 bits per heavy atom. The Hall–Kier alpha value is -1.46. The lowest BCUT2D eigenvalue weighted by atomic mass is 10.2. The molecule has 0 bridgehead atoms. The number of nitrogens with one attached hydrogen (secondary N) is 1. The van der Waals surface area contributed by atoms with Gasteiger partial charge in [0.1, 0.15) is 0 Å². The highest BCUT2D eigenvalue weighted by atomic mass is 32.1. The third-order valence-electron chi connectivity index (χ3n) is 3.55. The molecule has 5 heteroatoms. The topological polar surface area (TPSA) is 58.4 Å². The van der Waals surface area contributed by atoms with Gasteiger partial charge in [0.25, 0.3) is 0 Å². The smallest absolute Gasteiger partial charge is 0.241 e. The molecule has 0 radical (unpaired) electrons. The summed E-state index contributed by atoms with van der Waals surface area (Å²) in [4.78, 5) is 15.0. The SMILES string of the molecule is CC(C(=O)Nc1ccccc1)N(CCC(N)=S)C1CC1. The highest BCUT2D eigenvalue weighted by Crippen LogP contribution is 2.29. The largest absolute Gasteiger partial charge is 0.393 e. The van der Waals surface area contributed by atoms with Gasteiger partial charge in [-0.05, 0) is 31.9 Å². The normalized spacial score (nSPS) is 15.9. The number of thiocarbonyl (C=S) groups is 1. The fourth-order valence-corrected chi connectivity index (χ4v) is 2.35. The molecule has 0 aromatic heterocycles. The van der Waals surface area contributed by atoms with E-state index < -0.39 is 0 Å². The first-order valence-electron chi connectivity index (χ1n) is 6.98. The van der Waals surface area contributed by atoms with E-state index >= 15 is 0 Å². The summed E-state index contributed by atoms with van der Waals surface area (Å²) in [5.74, 6) is 0.0195. The van der Waals surface area contributed by atoms with Gasteiger partial charge >= 0.3 is 0 Å². The number of nitrogens with zero attached hydrogens (tertiary/aromatic N) is 1. The van der Waals surface area contributed by atoms with Gasteiger partial charge in [0.15, 0.2) is 0 Å². The van der Waals surface area contributed by atoms with Crippen LogP contribution in [0.25, 0.3) is 0 Å². The Morgan fingerprint density at radius 1 is 1.45 bits per heavy atom. The van der Waals surface area contributed by atoms with Crippen LogP contribution >= 0.6 is 12.2 Å². The highest BCUT2D eigenvalue weighted by Gasteiger charge is 2.34. The van der Waals surface area contributed by atoms with E-state index in [0.29, 0.717) is 17.5 Å². The lowest BCUT2D eigenvalue weighted by Crippen LogP contribution is -2.44. The van der Waals surface area contributed by atoms with Crippen molar-refractivity contribution >= 4 is 28.8 Å². The quantitative estimate of drug-likeness (QED) is 0.756. The molecule has 0 aliphatic heterocycles. The van der Waals surface area contributed by atoms with Gasteiger partial charge in [0.05, 0.1) is 11.0 Å².